The Labute approximate surface area is 80.6 Å². The van der Waals surface area contributed by atoms with Crippen LogP contribution in [-0.2, 0) is 0 Å². The van der Waals surface area contributed by atoms with Crippen molar-refractivity contribution < 1.29 is 0 Å². The van der Waals surface area contributed by atoms with Gasteiger partial charge in [0.2, 0.25) is 0 Å². The molecule has 0 spiro atoms. The lowest BCUT2D eigenvalue weighted by molar-refractivity contribution is 1.40. The Morgan fingerprint density at radius 3 is 2.00 bits per heavy atom. The van der Waals surface area contributed by atoms with Crippen LogP contribution in [0.4, 0.5) is 0 Å². The molecule has 0 nitrogen and oxygen atoms in total. The predicted octanol–water partition coefficient (Wildman–Crippen LogP) is 3.96. The van der Waals surface area contributed by atoms with Gasteiger partial charge in [-0.25, -0.2) is 0 Å². The van der Waals surface area contributed by atoms with Crippen molar-refractivity contribution in [3.05, 3.63) is 46.7 Å². The molecular weight excluding hydrogens is 156 g/mol. The van der Waals surface area contributed by atoms with E-state index in [4.69, 9.17) is 0 Å². The van der Waals surface area contributed by atoms with Gasteiger partial charge in [0.05, 0.1) is 0 Å². The van der Waals surface area contributed by atoms with E-state index in [1.165, 1.54) is 22.3 Å². The Hall–Kier alpha value is -1.26. The van der Waals surface area contributed by atoms with Gasteiger partial charge in [0, 0.05) is 0 Å². The summed E-state index contributed by atoms with van der Waals surface area (Å²) < 4.78 is 0. The first kappa shape index (κ1) is 9.83. The van der Waals surface area contributed by atoms with Gasteiger partial charge in [-0.15, -0.1) is 5.73 Å². The summed E-state index contributed by atoms with van der Waals surface area (Å²) in [5.74, 6) is 0. The van der Waals surface area contributed by atoms with E-state index in [9.17, 15) is 0 Å². The van der Waals surface area contributed by atoms with Crippen molar-refractivity contribution in [2.75, 3.05) is 0 Å². The summed E-state index contributed by atoms with van der Waals surface area (Å²) >= 11 is 0. The Morgan fingerprint density at radius 2 is 1.54 bits per heavy atom. The number of rotatable bonds is 1. The van der Waals surface area contributed by atoms with E-state index in [-0.39, 0.29) is 0 Å². The summed E-state index contributed by atoms with van der Waals surface area (Å²) in [6.45, 7) is 8.33. The summed E-state index contributed by atoms with van der Waals surface area (Å²) in [6.07, 6.45) is 0. The minimum Gasteiger partial charge on any atom is -0.118 e. The highest BCUT2D eigenvalue weighted by Crippen LogP contribution is 2.13. The van der Waals surface area contributed by atoms with Crippen molar-refractivity contribution >= 4 is 5.57 Å². The van der Waals surface area contributed by atoms with Gasteiger partial charge in [0.1, 0.15) is 0 Å². The number of benzene rings is 1. The van der Waals surface area contributed by atoms with Crippen LogP contribution < -0.4 is 0 Å². The minimum absolute atomic E-state index is 1.21. The Kier molecular flexibility index (Phi) is 3.11. The van der Waals surface area contributed by atoms with Crippen molar-refractivity contribution in [3.8, 4) is 0 Å². The lowest BCUT2D eigenvalue weighted by Gasteiger charge is -1.99. The van der Waals surface area contributed by atoms with Crippen LogP contribution in [0.2, 0.25) is 0 Å². The van der Waals surface area contributed by atoms with Gasteiger partial charge in [0.25, 0.3) is 0 Å². The van der Waals surface area contributed by atoms with Gasteiger partial charge >= 0.3 is 0 Å². The molecule has 0 atom stereocenters. The van der Waals surface area contributed by atoms with E-state index in [1.807, 2.05) is 0 Å². The van der Waals surface area contributed by atoms with Gasteiger partial charge in [-0.05, 0) is 44.4 Å². The molecule has 0 bridgehead atoms. The highest BCUT2D eigenvalue weighted by Gasteiger charge is 1.92. The van der Waals surface area contributed by atoms with Gasteiger partial charge in [-0.3, -0.25) is 0 Å². The number of hydrogen-bond acceptors (Lipinski definition) is 0. The summed E-state index contributed by atoms with van der Waals surface area (Å²) in [7, 11) is 0. The third-order valence-electron chi connectivity index (χ3n) is 1.92. The molecule has 1 rings (SSSR count). The second-order valence-corrected chi connectivity index (χ2v) is 3.62. The number of allylic oxidation sites excluding steroid dienone is 1. The van der Waals surface area contributed by atoms with Crippen LogP contribution in [0.1, 0.15) is 31.9 Å². The maximum atomic E-state index is 3.31. The highest BCUT2D eigenvalue weighted by molar-refractivity contribution is 5.63. The lowest BCUT2D eigenvalue weighted by Crippen LogP contribution is -1.78. The molecule has 0 aliphatic carbocycles. The molecule has 68 valence electrons. The van der Waals surface area contributed by atoms with Crippen molar-refractivity contribution in [1.82, 2.24) is 0 Å². The molecule has 1 aromatic carbocycles. The van der Waals surface area contributed by atoms with Gasteiger partial charge in [0.15, 0.2) is 0 Å². The Balaban J connectivity index is 3.11. The van der Waals surface area contributed by atoms with Crippen LogP contribution in [0.3, 0.4) is 0 Å². The SMILES string of the molecule is CC(C)=C=C(C)c1ccc(C)cc1. The standard InChI is InChI=1S/C13H16/c1-10(2)9-12(4)13-7-5-11(3)6-8-13/h5-8H,1-4H3. The largest absolute Gasteiger partial charge is 0.118 e. The third kappa shape index (κ3) is 2.93. The second kappa shape index (κ2) is 4.11. The fourth-order valence-electron chi connectivity index (χ4n) is 1.25. The maximum absolute atomic E-state index is 3.31. The zero-order valence-electron chi connectivity index (χ0n) is 8.81. The lowest BCUT2D eigenvalue weighted by atomic mass is 10.1. The summed E-state index contributed by atoms with van der Waals surface area (Å²) in [4.78, 5) is 0. The smallest absolute Gasteiger partial charge is 0.00197 e. The fraction of sp³-hybridized carbons (Fsp3) is 0.308. The molecule has 0 saturated carbocycles. The second-order valence-electron chi connectivity index (χ2n) is 3.62. The number of aryl methyl sites for hydroxylation is 1. The van der Waals surface area contributed by atoms with E-state index in [1.54, 1.807) is 0 Å². The van der Waals surface area contributed by atoms with Crippen LogP contribution in [0.25, 0.3) is 5.57 Å². The first-order valence-electron chi connectivity index (χ1n) is 4.57. The zero-order valence-corrected chi connectivity index (χ0v) is 8.81. The molecular formula is C13H16. The first-order valence-corrected chi connectivity index (χ1v) is 4.57. The van der Waals surface area contributed by atoms with E-state index >= 15 is 0 Å². The van der Waals surface area contributed by atoms with Crippen LogP contribution in [0.15, 0.2) is 35.6 Å². The molecule has 0 aliphatic heterocycles. The Bertz CT molecular complexity index is 342. The van der Waals surface area contributed by atoms with Crippen molar-refractivity contribution in [1.29, 1.82) is 0 Å². The van der Waals surface area contributed by atoms with E-state index < -0.39 is 0 Å². The van der Waals surface area contributed by atoms with Crippen LogP contribution in [0, 0.1) is 6.92 Å². The van der Waals surface area contributed by atoms with Gasteiger partial charge < -0.3 is 0 Å². The molecule has 0 saturated heterocycles. The quantitative estimate of drug-likeness (QED) is 0.562. The van der Waals surface area contributed by atoms with Crippen LogP contribution in [0.5, 0.6) is 0 Å². The van der Waals surface area contributed by atoms with Gasteiger partial charge in [-0.1, -0.05) is 29.8 Å². The topological polar surface area (TPSA) is 0 Å². The molecule has 0 aliphatic rings. The molecule has 0 N–H and O–H groups in total. The summed E-state index contributed by atoms with van der Waals surface area (Å²) in [5.41, 5.74) is 8.30. The minimum atomic E-state index is 1.21. The van der Waals surface area contributed by atoms with E-state index in [0.717, 1.165) is 0 Å². The van der Waals surface area contributed by atoms with Crippen molar-refractivity contribution in [2.45, 2.75) is 27.7 Å². The maximum Gasteiger partial charge on any atom is -0.00197 e. The average molecular weight is 172 g/mol. The molecule has 0 heteroatoms. The van der Waals surface area contributed by atoms with Crippen molar-refractivity contribution in [2.24, 2.45) is 0 Å². The molecule has 0 fully saturated rings. The Morgan fingerprint density at radius 1 is 1.00 bits per heavy atom. The molecule has 0 aromatic heterocycles. The van der Waals surface area contributed by atoms with Gasteiger partial charge in [-0.2, -0.15) is 0 Å². The summed E-state index contributed by atoms with van der Waals surface area (Å²) in [6, 6.07) is 8.54. The molecule has 13 heavy (non-hydrogen) atoms. The molecule has 0 unspecified atom stereocenters. The monoisotopic (exact) mass is 172 g/mol. The summed E-state index contributed by atoms with van der Waals surface area (Å²) in [5, 5.41) is 0. The molecule has 1 aromatic rings. The highest BCUT2D eigenvalue weighted by atomic mass is 14.0. The van der Waals surface area contributed by atoms with Crippen LogP contribution >= 0.6 is 0 Å². The molecule has 0 amide bonds. The first-order chi connectivity index (χ1) is 6.09. The zero-order chi connectivity index (χ0) is 9.84. The van der Waals surface area contributed by atoms with Crippen molar-refractivity contribution in [3.63, 3.8) is 0 Å². The van der Waals surface area contributed by atoms with Crippen LogP contribution in [-0.4, -0.2) is 0 Å². The normalized spacial score (nSPS) is 9.23. The third-order valence-corrected chi connectivity index (χ3v) is 1.92. The molecule has 0 radical (unpaired) electrons. The average Bonchev–Trinajstić information content (AvgIpc) is 2.04. The van der Waals surface area contributed by atoms with E-state index in [0.29, 0.717) is 0 Å². The fourth-order valence-corrected chi connectivity index (χ4v) is 1.25. The number of hydrogen-bond donors (Lipinski definition) is 0. The van der Waals surface area contributed by atoms with E-state index in [2.05, 4.69) is 57.7 Å². The predicted molar refractivity (Wildman–Crippen MR) is 58.6 cm³/mol. The molecule has 0 heterocycles.